The van der Waals surface area contributed by atoms with Crippen LogP contribution in [0.25, 0.3) is 0 Å². The highest BCUT2D eigenvalue weighted by Gasteiger charge is 2.15. The smallest absolute Gasteiger partial charge is 0.258 e. The van der Waals surface area contributed by atoms with Crippen LogP contribution in [0, 0.1) is 12.7 Å². The number of nitrogens with zero attached hydrogens (tertiary/aromatic N) is 2. The third kappa shape index (κ3) is 4.94. The number of pyridine rings is 1. The molecule has 1 saturated heterocycles. The SMILES string of the molecule is Cc1ccc(C(=O)Nc2ccc(N3CCCCC3)cn2)cc1NC(=O)c1ccccc1F. The Kier molecular flexibility index (Phi) is 6.44. The second kappa shape index (κ2) is 9.60. The predicted molar refractivity (Wildman–Crippen MR) is 124 cm³/mol. The van der Waals surface area contributed by atoms with Crippen LogP contribution in [0.15, 0.2) is 60.8 Å². The van der Waals surface area contributed by atoms with Crippen molar-refractivity contribution in [3.63, 3.8) is 0 Å². The highest BCUT2D eigenvalue weighted by atomic mass is 19.1. The van der Waals surface area contributed by atoms with Gasteiger partial charge < -0.3 is 15.5 Å². The summed E-state index contributed by atoms with van der Waals surface area (Å²) in [5.41, 5.74) is 2.56. The van der Waals surface area contributed by atoms with Crippen LogP contribution in [0.1, 0.15) is 45.5 Å². The lowest BCUT2D eigenvalue weighted by Crippen LogP contribution is -2.29. The fourth-order valence-corrected chi connectivity index (χ4v) is 3.72. The first kappa shape index (κ1) is 21.5. The molecule has 0 spiro atoms. The van der Waals surface area contributed by atoms with Crippen molar-refractivity contribution < 1.29 is 14.0 Å². The van der Waals surface area contributed by atoms with Gasteiger partial charge in [-0.1, -0.05) is 18.2 Å². The Morgan fingerprint density at radius 1 is 0.938 bits per heavy atom. The third-order valence-electron chi connectivity index (χ3n) is 5.58. The number of hydrogen-bond acceptors (Lipinski definition) is 4. The van der Waals surface area contributed by atoms with Crippen LogP contribution >= 0.6 is 0 Å². The molecule has 2 N–H and O–H groups in total. The molecule has 7 heteroatoms. The number of amides is 2. The molecule has 0 bridgehead atoms. The standard InChI is InChI=1S/C25H25FN4O2/c1-17-9-10-18(15-22(17)28-25(32)20-7-3-4-8-21(20)26)24(31)29-23-12-11-19(16-27-23)30-13-5-2-6-14-30/h3-4,7-12,15-16H,2,5-6,13-14H2,1H3,(H,28,32)(H,27,29,31). The van der Waals surface area contributed by atoms with Gasteiger partial charge in [0.2, 0.25) is 0 Å². The minimum atomic E-state index is -0.601. The zero-order chi connectivity index (χ0) is 22.5. The molecule has 6 nitrogen and oxygen atoms in total. The Labute approximate surface area is 186 Å². The molecule has 164 valence electrons. The number of piperidine rings is 1. The largest absolute Gasteiger partial charge is 0.370 e. The van der Waals surface area contributed by atoms with Gasteiger partial charge in [0.15, 0.2) is 0 Å². The van der Waals surface area contributed by atoms with Gasteiger partial charge in [0.05, 0.1) is 17.4 Å². The maximum atomic E-state index is 13.9. The molecule has 0 unspecified atom stereocenters. The number of hydrogen-bond donors (Lipinski definition) is 2. The number of benzene rings is 2. The Bertz CT molecular complexity index is 1130. The first-order chi connectivity index (χ1) is 15.5. The molecule has 4 rings (SSSR count). The van der Waals surface area contributed by atoms with Crippen LogP contribution in [-0.2, 0) is 0 Å². The minimum Gasteiger partial charge on any atom is -0.370 e. The molecule has 3 aromatic rings. The molecule has 2 aromatic carbocycles. The molecule has 0 saturated carbocycles. The molecule has 0 aliphatic carbocycles. The summed E-state index contributed by atoms with van der Waals surface area (Å²) in [4.78, 5) is 31.9. The van der Waals surface area contributed by atoms with E-state index in [1.807, 2.05) is 6.07 Å². The molecule has 1 aliphatic heterocycles. The number of anilines is 3. The summed E-state index contributed by atoms with van der Waals surface area (Å²) in [6, 6.07) is 14.5. The first-order valence-corrected chi connectivity index (χ1v) is 10.7. The normalized spacial score (nSPS) is 13.5. The van der Waals surface area contributed by atoms with Gasteiger partial charge in [0, 0.05) is 24.3 Å². The van der Waals surface area contributed by atoms with E-state index >= 15 is 0 Å². The van der Waals surface area contributed by atoms with E-state index in [1.54, 1.807) is 43.5 Å². The highest BCUT2D eigenvalue weighted by Crippen LogP contribution is 2.22. The van der Waals surface area contributed by atoms with Gasteiger partial charge in [0.25, 0.3) is 11.8 Å². The molecule has 1 aliphatic rings. The lowest BCUT2D eigenvalue weighted by atomic mass is 10.1. The van der Waals surface area contributed by atoms with E-state index in [-0.39, 0.29) is 11.5 Å². The number of nitrogens with one attached hydrogen (secondary N) is 2. The molecular formula is C25H25FN4O2. The zero-order valence-corrected chi connectivity index (χ0v) is 17.9. The molecule has 2 amide bonds. The summed E-state index contributed by atoms with van der Waals surface area (Å²) in [7, 11) is 0. The van der Waals surface area contributed by atoms with Gasteiger partial charge in [-0.3, -0.25) is 9.59 Å². The second-order valence-corrected chi connectivity index (χ2v) is 7.87. The number of carbonyl (C=O) groups excluding carboxylic acids is 2. The number of carbonyl (C=O) groups is 2. The Morgan fingerprint density at radius 3 is 2.44 bits per heavy atom. The van der Waals surface area contributed by atoms with Crippen molar-refractivity contribution >= 4 is 29.0 Å². The molecule has 2 heterocycles. The third-order valence-corrected chi connectivity index (χ3v) is 5.58. The first-order valence-electron chi connectivity index (χ1n) is 10.7. The maximum Gasteiger partial charge on any atom is 0.258 e. The number of aromatic nitrogens is 1. The maximum absolute atomic E-state index is 13.9. The van der Waals surface area contributed by atoms with Crippen molar-refractivity contribution in [1.29, 1.82) is 0 Å². The van der Waals surface area contributed by atoms with Crippen molar-refractivity contribution in [3.05, 3.63) is 83.3 Å². The lowest BCUT2D eigenvalue weighted by molar-refractivity contribution is 0.101. The van der Waals surface area contributed by atoms with Gasteiger partial charge in [0.1, 0.15) is 11.6 Å². The average Bonchev–Trinajstić information content (AvgIpc) is 2.81. The van der Waals surface area contributed by atoms with E-state index in [4.69, 9.17) is 0 Å². The van der Waals surface area contributed by atoms with Crippen LogP contribution in [0.4, 0.5) is 21.6 Å². The van der Waals surface area contributed by atoms with E-state index in [0.717, 1.165) is 24.3 Å². The van der Waals surface area contributed by atoms with Crippen molar-refractivity contribution in [1.82, 2.24) is 4.98 Å². The van der Waals surface area contributed by atoms with E-state index in [1.165, 1.54) is 37.5 Å². The quantitative estimate of drug-likeness (QED) is 0.593. The molecule has 1 fully saturated rings. The van der Waals surface area contributed by atoms with E-state index < -0.39 is 11.7 Å². The topological polar surface area (TPSA) is 74.3 Å². The summed E-state index contributed by atoms with van der Waals surface area (Å²) in [5.74, 6) is -1.06. The zero-order valence-electron chi connectivity index (χ0n) is 17.9. The minimum absolute atomic E-state index is 0.0558. The van der Waals surface area contributed by atoms with Gasteiger partial charge in [-0.25, -0.2) is 9.37 Å². The van der Waals surface area contributed by atoms with Crippen molar-refractivity contribution in [2.24, 2.45) is 0 Å². The predicted octanol–water partition coefficient (Wildman–Crippen LogP) is 5.02. The Balaban J connectivity index is 1.45. The van der Waals surface area contributed by atoms with Gasteiger partial charge in [-0.15, -0.1) is 0 Å². The van der Waals surface area contributed by atoms with Gasteiger partial charge in [-0.05, 0) is 68.1 Å². The summed E-state index contributed by atoms with van der Waals surface area (Å²) in [6.45, 7) is 3.86. The van der Waals surface area contributed by atoms with Crippen LogP contribution in [-0.4, -0.2) is 29.9 Å². The van der Waals surface area contributed by atoms with E-state index in [2.05, 4.69) is 20.5 Å². The van der Waals surface area contributed by atoms with Crippen LogP contribution in [0.3, 0.4) is 0 Å². The molecular weight excluding hydrogens is 407 g/mol. The van der Waals surface area contributed by atoms with E-state index in [9.17, 15) is 14.0 Å². The summed E-state index contributed by atoms with van der Waals surface area (Å²) >= 11 is 0. The summed E-state index contributed by atoms with van der Waals surface area (Å²) in [6.07, 6.45) is 5.40. The van der Waals surface area contributed by atoms with Crippen molar-refractivity contribution in [2.45, 2.75) is 26.2 Å². The fourth-order valence-electron chi connectivity index (χ4n) is 3.72. The van der Waals surface area contributed by atoms with Crippen molar-refractivity contribution in [2.75, 3.05) is 28.6 Å². The number of halogens is 1. The fraction of sp³-hybridized carbons (Fsp3) is 0.240. The molecule has 32 heavy (non-hydrogen) atoms. The molecule has 1 aromatic heterocycles. The molecule has 0 radical (unpaired) electrons. The Morgan fingerprint density at radius 2 is 1.72 bits per heavy atom. The average molecular weight is 432 g/mol. The summed E-state index contributed by atoms with van der Waals surface area (Å²) in [5, 5.41) is 5.48. The summed E-state index contributed by atoms with van der Waals surface area (Å²) < 4.78 is 13.9. The monoisotopic (exact) mass is 432 g/mol. The number of rotatable bonds is 5. The Hall–Kier alpha value is -3.74. The second-order valence-electron chi connectivity index (χ2n) is 7.87. The lowest BCUT2D eigenvalue weighted by Gasteiger charge is -2.28. The van der Waals surface area contributed by atoms with E-state index in [0.29, 0.717) is 17.1 Å². The van der Waals surface area contributed by atoms with Crippen LogP contribution in [0.5, 0.6) is 0 Å². The highest BCUT2D eigenvalue weighted by molar-refractivity contribution is 6.07. The molecule has 0 atom stereocenters. The number of aryl methyl sites for hydroxylation is 1. The van der Waals surface area contributed by atoms with Gasteiger partial charge in [-0.2, -0.15) is 0 Å². The van der Waals surface area contributed by atoms with Gasteiger partial charge >= 0.3 is 0 Å². The van der Waals surface area contributed by atoms with Crippen molar-refractivity contribution in [3.8, 4) is 0 Å². The van der Waals surface area contributed by atoms with Crippen LogP contribution < -0.4 is 15.5 Å². The van der Waals surface area contributed by atoms with Crippen LogP contribution in [0.2, 0.25) is 0 Å².